The Kier molecular flexibility index (Phi) is 3.23. The molecular weight excluding hydrogens is 235 g/mol. The van der Waals surface area contributed by atoms with E-state index in [4.69, 9.17) is 5.11 Å². The molecular formula is C13H11FN2O2. The van der Waals surface area contributed by atoms with Gasteiger partial charge in [0.1, 0.15) is 0 Å². The van der Waals surface area contributed by atoms with Crippen LogP contribution in [-0.4, -0.2) is 20.9 Å². The van der Waals surface area contributed by atoms with E-state index in [1.54, 1.807) is 10.9 Å². The van der Waals surface area contributed by atoms with Gasteiger partial charge in [-0.3, -0.25) is 0 Å². The topological polar surface area (TPSA) is 55.1 Å². The standard InChI is InChI=1S/C13H11FN2O2/c1-9(12(14)13(17)18)10-7-15-16(8-10)11-5-3-2-4-6-11/h2-8H,1H3,(H,17,18)/b12-9-. The smallest absolute Gasteiger partial charge is 0.365 e. The summed E-state index contributed by atoms with van der Waals surface area (Å²) in [5.41, 5.74) is 1.33. The number of carboxylic acids is 1. The lowest BCUT2D eigenvalue weighted by molar-refractivity contribution is -0.134. The minimum atomic E-state index is -1.57. The fourth-order valence-corrected chi connectivity index (χ4v) is 1.53. The molecule has 0 amide bonds. The molecule has 0 radical (unpaired) electrons. The number of para-hydroxylation sites is 1. The molecule has 0 aliphatic rings. The lowest BCUT2D eigenvalue weighted by atomic mass is 10.1. The van der Waals surface area contributed by atoms with E-state index in [2.05, 4.69) is 5.10 Å². The van der Waals surface area contributed by atoms with Crippen LogP contribution in [0.25, 0.3) is 11.3 Å². The molecule has 0 aliphatic heterocycles. The lowest BCUT2D eigenvalue weighted by Gasteiger charge is -1.99. The monoisotopic (exact) mass is 246 g/mol. The summed E-state index contributed by atoms with van der Waals surface area (Å²) < 4.78 is 14.8. The molecule has 1 aromatic heterocycles. The zero-order chi connectivity index (χ0) is 13.1. The number of aliphatic carboxylic acids is 1. The maximum Gasteiger partial charge on any atom is 0.365 e. The highest BCUT2D eigenvalue weighted by atomic mass is 19.1. The predicted octanol–water partition coefficient (Wildman–Crippen LogP) is 2.66. The third-order valence-electron chi connectivity index (χ3n) is 2.55. The molecule has 0 atom stereocenters. The Bertz CT molecular complexity index is 602. The highest BCUT2D eigenvalue weighted by Crippen LogP contribution is 2.20. The zero-order valence-corrected chi connectivity index (χ0v) is 9.67. The molecule has 0 saturated carbocycles. The molecule has 2 aromatic rings. The van der Waals surface area contributed by atoms with E-state index in [0.717, 1.165) is 5.69 Å². The van der Waals surface area contributed by atoms with Crippen LogP contribution < -0.4 is 0 Å². The van der Waals surface area contributed by atoms with Crippen LogP contribution >= 0.6 is 0 Å². The average Bonchev–Trinajstić information content (AvgIpc) is 2.87. The number of carboxylic acid groups (broad SMARTS) is 1. The summed E-state index contributed by atoms with van der Waals surface area (Å²) in [4.78, 5) is 10.5. The van der Waals surface area contributed by atoms with Crippen LogP contribution in [0.4, 0.5) is 4.39 Å². The van der Waals surface area contributed by atoms with Crippen molar-refractivity contribution in [3.05, 3.63) is 54.1 Å². The highest BCUT2D eigenvalue weighted by Gasteiger charge is 2.13. The van der Waals surface area contributed by atoms with Gasteiger partial charge in [0.25, 0.3) is 0 Å². The number of benzene rings is 1. The third-order valence-corrected chi connectivity index (χ3v) is 2.55. The third kappa shape index (κ3) is 2.29. The number of rotatable bonds is 3. The summed E-state index contributed by atoms with van der Waals surface area (Å²) in [6, 6.07) is 9.30. The Hall–Kier alpha value is -2.43. The summed E-state index contributed by atoms with van der Waals surface area (Å²) in [5.74, 6) is -2.73. The summed E-state index contributed by atoms with van der Waals surface area (Å²) in [6.45, 7) is 1.41. The molecule has 0 aliphatic carbocycles. The molecule has 0 saturated heterocycles. The van der Waals surface area contributed by atoms with Crippen LogP contribution in [0, 0.1) is 0 Å². The average molecular weight is 246 g/mol. The summed E-state index contributed by atoms with van der Waals surface area (Å²) in [5, 5.41) is 12.6. The van der Waals surface area contributed by atoms with Gasteiger partial charge in [-0.25, -0.2) is 9.48 Å². The van der Waals surface area contributed by atoms with Crippen LogP contribution in [0.15, 0.2) is 48.6 Å². The van der Waals surface area contributed by atoms with Gasteiger partial charge in [-0.2, -0.15) is 9.49 Å². The van der Waals surface area contributed by atoms with Crippen molar-refractivity contribution in [1.29, 1.82) is 0 Å². The van der Waals surface area contributed by atoms with E-state index in [1.165, 1.54) is 13.1 Å². The zero-order valence-electron chi connectivity index (χ0n) is 9.67. The molecule has 0 unspecified atom stereocenters. The molecule has 92 valence electrons. The predicted molar refractivity (Wildman–Crippen MR) is 64.9 cm³/mol. The summed E-state index contributed by atoms with van der Waals surface area (Å²) >= 11 is 0. The molecule has 1 heterocycles. The second kappa shape index (κ2) is 4.83. The van der Waals surface area contributed by atoms with Gasteiger partial charge in [0.05, 0.1) is 11.9 Å². The van der Waals surface area contributed by atoms with Crippen molar-refractivity contribution in [1.82, 2.24) is 9.78 Å². The SMILES string of the molecule is C/C(=C(/F)C(=O)O)c1cnn(-c2ccccc2)c1. The van der Waals surface area contributed by atoms with Gasteiger partial charge < -0.3 is 5.11 Å². The van der Waals surface area contributed by atoms with E-state index >= 15 is 0 Å². The Morgan fingerprint density at radius 3 is 2.61 bits per heavy atom. The number of allylic oxidation sites excluding steroid dienone is 1. The lowest BCUT2D eigenvalue weighted by Crippen LogP contribution is -1.97. The molecule has 0 bridgehead atoms. The van der Waals surface area contributed by atoms with Gasteiger partial charge >= 0.3 is 5.97 Å². The quantitative estimate of drug-likeness (QED) is 0.847. The molecule has 4 nitrogen and oxygen atoms in total. The second-order valence-electron chi connectivity index (χ2n) is 3.75. The van der Waals surface area contributed by atoms with Gasteiger partial charge in [-0.1, -0.05) is 18.2 Å². The minimum Gasteiger partial charge on any atom is -0.476 e. The first-order valence-corrected chi connectivity index (χ1v) is 5.29. The maximum atomic E-state index is 13.3. The van der Waals surface area contributed by atoms with Crippen LogP contribution in [0.1, 0.15) is 12.5 Å². The molecule has 0 fully saturated rings. The molecule has 5 heteroatoms. The Morgan fingerprint density at radius 1 is 1.33 bits per heavy atom. The molecule has 0 spiro atoms. The van der Waals surface area contributed by atoms with Crippen molar-refractivity contribution in [2.45, 2.75) is 6.92 Å². The van der Waals surface area contributed by atoms with E-state index in [0.29, 0.717) is 5.56 Å². The Morgan fingerprint density at radius 2 is 2.00 bits per heavy atom. The Labute approximate surface area is 103 Å². The largest absolute Gasteiger partial charge is 0.476 e. The number of hydrogen-bond donors (Lipinski definition) is 1. The normalized spacial score (nSPS) is 12.1. The van der Waals surface area contributed by atoms with Crippen molar-refractivity contribution in [3.63, 3.8) is 0 Å². The fraction of sp³-hybridized carbons (Fsp3) is 0.0769. The first kappa shape index (κ1) is 12.0. The summed E-state index contributed by atoms with van der Waals surface area (Å²) in [6.07, 6.45) is 3.03. The number of aromatic nitrogens is 2. The number of hydrogen-bond acceptors (Lipinski definition) is 2. The van der Waals surface area contributed by atoms with Crippen LogP contribution in [0.3, 0.4) is 0 Å². The van der Waals surface area contributed by atoms with E-state index in [9.17, 15) is 9.18 Å². The van der Waals surface area contributed by atoms with Crippen LogP contribution in [0.5, 0.6) is 0 Å². The van der Waals surface area contributed by atoms with Crippen molar-refractivity contribution in [3.8, 4) is 5.69 Å². The highest BCUT2D eigenvalue weighted by molar-refractivity contribution is 5.93. The number of nitrogens with zero attached hydrogens (tertiary/aromatic N) is 2. The van der Waals surface area contributed by atoms with Crippen molar-refractivity contribution in [2.75, 3.05) is 0 Å². The van der Waals surface area contributed by atoms with Crippen molar-refractivity contribution in [2.24, 2.45) is 0 Å². The number of halogens is 1. The molecule has 1 aromatic carbocycles. The van der Waals surface area contributed by atoms with Gasteiger partial charge in [0.2, 0.25) is 5.83 Å². The first-order valence-electron chi connectivity index (χ1n) is 5.29. The van der Waals surface area contributed by atoms with Gasteiger partial charge in [0.15, 0.2) is 0 Å². The van der Waals surface area contributed by atoms with E-state index in [-0.39, 0.29) is 5.57 Å². The molecule has 18 heavy (non-hydrogen) atoms. The van der Waals surface area contributed by atoms with E-state index < -0.39 is 11.8 Å². The first-order chi connectivity index (χ1) is 8.59. The van der Waals surface area contributed by atoms with Crippen molar-refractivity contribution >= 4 is 11.5 Å². The fourth-order valence-electron chi connectivity index (χ4n) is 1.53. The molecule has 2 rings (SSSR count). The summed E-state index contributed by atoms with van der Waals surface area (Å²) in [7, 11) is 0. The van der Waals surface area contributed by atoms with E-state index in [1.807, 2.05) is 30.3 Å². The van der Waals surface area contributed by atoms with Gasteiger partial charge in [-0.05, 0) is 19.1 Å². The van der Waals surface area contributed by atoms with Gasteiger partial charge in [-0.15, -0.1) is 0 Å². The van der Waals surface area contributed by atoms with Crippen LogP contribution in [-0.2, 0) is 4.79 Å². The minimum absolute atomic E-state index is 0.0599. The second-order valence-corrected chi connectivity index (χ2v) is 3.75. The van der Waals surface area contributed by atoms with Crippen molar-refractivity contribution < 1.29 is 14.3 Å². The van der Waals surface area contributed by atoms with Gasteiger partial charge in [0, 0.05) is 17.3 Å². The molecule has 1 N–H and O–H groups in total. The Balaban J connectivity index is 2.38. The number of carbonyl (C=O) groups is 1. The maximum absolute atomic E-state index is 13.3. The van der Waals surface area contributed by atoms with Crippen LogP contribution in [0.2, 0.25) is 0 Å².